The van der Waals surface area contributed by atoms with Crippen molar-refractivity contribution < 1.29 is 9.59 Å². The molecule has 26 heavy (non-hydrogen) atoms. The minimum absolute atomic E-state index is 0.163. The SMILES string of the molecule is CCCNC(=O)c1cccc(C(=O)N2CCN(c3ncccn3)CC2)n1. The molecule has 1 fully saturated rings. The zero-order chi connectivity index (χ0) is 18.4. The average molecular weight is 354 g/mol. The number of anilines is 1. The minimum atomic E-state index is -0.257. The van der Waals surface area contributed by atoms with Crippen LogP contribution in [0, 0.1) is 0 Å². The highest BCUT2D eigenvalue weighted by molar-refractivity contribution is 5.96. The molecular formula is C18H22N6O2. The summed E-state index contributed by atoms with van der Waals surface area (Å²) >= 11 is 0. The van der Waals surface area contributed by atoms with Crippen LogP contribution in [0.3, 0.4) is 0 Å². The van der Waals surface area contributed by atoms with Crippen LogP contribution in [0.15, 0.2) is 36.7 Å². The molecule has 2 aromatic heterocycles. The van der Waals surface area contributed by atoms with Gasteiger partial charge in [0.2, 0.25) is 5.95 Å². The van der Waals surface area contributed by atoms with E-state index in [1.165, 1.54) is 0 Å². The van der Waals surface area contributed by atoms with Crippen molar-refractivity contribution in [3.63, 3.8) is 0 Å². The zero-order valence-corrected chi connectivity index (χ0v) is 14.8. The van der Waals surface area contributed by atoms with Crippen molar-refractivity contribution >= 4 is 17.8 Å². The van der Waals surface area contributed by atoms with Gasteiger partial charge in [-0.2, -0.15) is 0 Å². The summed E-state index contributed by atoms with van der Waals surface area (Å²) < 4.78 is 0. The molecule has 0 aromatic carbocycles. The summed E-state index contributed by atoms with van der Waals surface area (Å²) in [4.78, 5) is 41.3. The Bertz CT molecular complexity index is 759. The maximum atomic E-state index is 12.7. The standard InChI is InChI=1S/C18H22N6O2/c1-2-7-19-16(25)14-5-3-6-15(22-14)17(26)23-10-12-24(13-11-23)18-20-8-4-9-21-18/h3-6,8-9H,2,7,10-13H2,1H3,(H,19,25). The lowest BCUT2D eigenvalue weighted by Crippen LogP contribution is -2.49. The van der Waals surface area contributed by atoms with Gasteiger partial charge in [-0.25, -0.2) is 15.0 Å². The van der Waals surface area contributed by atoms with Crippen molar-refractivity contribution in [2.45, 2.75) is 13.3 Å². The van der Waals surface area contributed by atoms with E-state index < -0.39 is 0 Å². The van der Waals surface area contributed by atoms with Crippen LogP contribution in [-0.4, -0.2) is 64.4 Å². The van der Waals surface area contributed by atoms with Gasteiger partial charge < -0.3 is 15.1 Å². The first-order valence-corrected chi connectivity index (χ1v) is 8.75. The molecule has 2 amide bonds. The van der Waals surface area contributed by atoms with E-state index in [2.05, 4.69) is 20.3 Å². The molecule has 8 heteroatoms. The van der Waals surface area contributed by atoms with Crippen molar-refractivity contribution in [2.24, 2.45) is 0 Å². The number of pyridine rings is 1. The molecule has 0 saturated carbocycles. The van der Waals surface area contributed by atoms with Crippen molar-refractivity contribution in [2.75, 3.05) is 37.6 Å². The van der Waals surface area contributed by atoms with Crippen LogP contribution in [0.1, 0.15) is 34.3 Å². The molecule has 0 atom stereocenters. The first kappa shape index (κ1) is 17.8. The molecule has 3 heterocycles. The maximum Gasteiger partial charge on any atom is 0.272 e. The number of carbonyl (C=O) groups is 2. The molecule has 8 nitrogen and oxygen atoms in total. The molecule has 0 bridgehead atoms. The summed E-state index contributed by atoms with van der Waals surface area (Å²) in [6.45, 7) is 5.00. The number of carbonyl (C=O) groups excluding carboxylic acids is 2. The van der Waals surface area contributed by atoms with Crippen LogP contribution in [0.2, 0.25) is 0 Å². The van der Waals surface area contributed by atoms with E-state index in [0.29, 0.717) is 44.4 Å². The fraction of sp³-hybridized carbons (Fsp3) is 0.389. The topological polar surface area (TPSA) is 91.3 Å². The van der Waals surface area contributed by atoms with Crippen molar-refractivity contribution in [1.29, 1.82) is 0 Å². The number of piperazine rings is 1. The fourth-order valence-corrected chi connectivity index (χ4v) is 2.74. The molecule has 0 unspecified atom stereocenters. The molecule has 0 spiro atoms. The van der Waals surface area contributed by atoms with Gasteiger partial charge >= 0.3 is 0 Å². The van der Waals surface area contributed by atoms with E-state index in [1.54, 1.807) is 41.6 Å². The van der Waals surface area contributed by atoms with Crippen LogP contribution >= 0.6 is 0 Å². The van der Waals surface area contributed by atoms with E-state index in [-0.39, 0.29) is 17.5 Å². The summed E-state index contributed by atoms with van der Waals surface area (Å²) in [5.74, 6) is 0.253. The lowest BCUT2D eigenvalue weighted by molar-refractivity contribution is 0.0740. The number of hydrogen-bond donors (Lipinski definition) is 1. The molecule has 1 N–H and O–H groups in total. The Kier molecular flexibility index (Phi) is 5.73. The summed E-state index contributed by atoms with van der Waals surface area (Å²) in [6.07, 6.45) is 4.26. The van der Waals surface area contributed by atoms with Gasteiger partial charge in [0.25, 0.3) is 11.8 Å². The predicted molar refractivity (Wildman–Crippen MR) is 97.0 cm³/mol. The highest BCUT2D eigenvalue weighted by Crippen LogP contribution is 2.12. The van der Waals surface area contributed by atoms with Crippen LogP contribution in [-0.2, 0) is 0 Å². The van der Waals surface area contributed by atoms with Crippen LogP contribution < -0.4 is 10.2 Å². The first-order chi connectivity index (χ1) is 12.7. The number of rotatable bonds is 5. The Morgan fingerprint density at radius 2 is 1.73 bits per heavy atom. The number of amides is 2. The third-order valence-electron chi connectivity index (χ3n) is 4.14. The number of nitrogens with one attached hydrogen (secondary N) is 1. The molecule has 1 aliphatic rings. The Hall–Kier alpha value is -3.03. The van der Waals surface area contributed by atoms with Crippen molar-refractivity contribution in [1.82, 2.24) is 25.2 Å². The highest BCUT2D eigenvalue weighted by atomic mass is 16.2. The van der Waals surface area contributed by atoms with E-state index in [1.807, 2.05) is 11.8 Å². The van der Waals surface area contributed by atoms with Gasteiger partial charge in [0.1, 0.15) is 11.4 Å². The number of hydrogen-bond acceptors (Lipinski definition) is 6. The van der Waals surface area contributed by atoms with E-state index >= 15 is 0 Å². The summed E-state index contributed by atoms with van der Waals surface area (Å²) in [6, 6.07) is 6.73. The zero-order valence-electron chi connectivity index (χ0n) is 14.8. The monoisotopic (exact) mass is 354 g/mol. The smallest absolute Gasteiger partial charge is 0.272 e. The molecule has 0 aliphatic carbocycles. The Labute approximate surface area is 152 Å². The lowest BCUT2D eigenvalue weighted by atomic mass is 10.2. The molecule has 136 valence electrons. The van der Waals surface area contributed by atoms with Gasteiger partial charge in [-0.1, -0.05) is 13.0 Å². The Morgan fingerprint density at radius 3 is 2.42 bits per heavy atom. The fourth-order valence-electron chi connectivity index (χ4n) is 2.74. The second kappa shape index (κ2) is 8.37. The van der Waals surface area contributed by atoms with Crippen LogP contribution in [0.25, 0.3) is 0 Å². The molecule has 1 saturated heterocycles. The molecule has 1 aliphatic heterocycles. The number of aromatic nitrogens is 3. The van der Waals surface area contributed by atoms with Gasteiger partial charge in [-0.3, -0.25) is 9.59 Å². The lowest BCUT2D eigenvalue weighted by Gasteiger charge is -2.34. The van der Waals surface area contributed by atoms with E-state index in [4.69, 9.17) is 0 Å². The third-order valence-corrected chi connectivity index (χ3v) is 4.14. The van der Waals surface area contributed by atoms with Crippen LogP contribution in [0.5, 0.6) is 0 Å². The second-order valence-corrected chi connectivity index (χ2v) is 5.99. The molecule has 0 radical (unpaired) electrons. The predicted octanol–water partition coefficient (Wildman–Crippen LogP) is 0.974. The first-order valence-electron chi connectivity index (χ1n) is 8.75. The van der Waals surface area contributed by atoms with Gasteiger partial charge in [0.15, 0.2) is 0 Å². The third kappa shape index (κ3) is 4.14. The van der Waals surface area contributed by atoms with Gasteiger partial charge in [0.05, 0.1) is 0 Å². The Morgan fingerprint density at radius 1 is 1.04 bits per heavy atom. The van der Waals surface area contributed by atoms with E-state index in [0.717, 1.165) is 6.42 Å². The van der Waals surface area contributed by atoms with Gasteiger partial charge in [0, 0.05) is 45.1 Å². The normalized spacial score (nSPS) is 14.2. The summed E-state index contributed by atoms with van der Waals surface area (Å²) in [7, 11) is 0. The van der Waals surface area contributed by atoms with E-state index in [9.17, 15) is 9.59 Å². The minimum Gasteiger partial charge on any atom is -0.351 e. The number of nitrogens with zero attached hydrogens (tertiary/aromatic N) is 5. The highest BCUT2D eigenvalue weighted by Gasteiger charge is 2.24. The second-order valence-electron chi connectivity index (χ2n) is 5.99. The van der Waals surface area contributed by atoms with Crippen LogP contribution in [0.4, 0.5) is 5.95 Å². The summed E-state index contributed by atoms with van der Waals surface area (Å²) in [5, 5.41) is 2.77. The summed E-state index contributed by atoms with van der Waals surface area (Å²) in [5.41, 5.74) is 0.555. The molecular weight excluding hydrogens is 332 g/mol. The largest absolute Gasteiger partial charge is 0.351 e. The maximum absolute atomic E-state index is 12.7. The molecule has 3 rings (SSSR count). The average Bonchev–Trinajstić information content (AvgIpc) is 2.72. The van der Waals surface area contributed by atoms with Crippen molar-refractivity contribution in [3.8, 4) is 0 Å². The van der Waals surface area contributed by atoms with Gasteiger partial charge in [-0.05, 0) is 24.6 Å². The van der Waals surface area contributed by atoms with Gasteiger partial charge in [-0.15, -0.1) is 0 Å². The quantitative estimate of drug-likeness (QED) is 0.860. The Balaban J connectivity index is 1.62. The molecule has 2 aromatic rings. The van der Waals surface area contributed by atoms with Crippen molar-refractivity contribution in [3.05, 3.63) is 48.0 Å².